The maximum atomic E-state index is 12.4. The van der Waals surface area contributed by atoms with E-state index in [9.17, 15) is 14.7 Å². The predicted molar refractivity (Wildman–Crippen MR) is 147 cm³/mol. The molecule has 202 valence electrons. The average molecular weight is 529 g/mol. The van der Waals surface area contributed by atoms with E-state index in [1.54, 1.807) is 14.0 Å². The van der Waals surface area contributed by atoms with Gasteiger partial charge >= 0.3 is 5.69 Å². The van der Waals surface area contributed by atoms with Crippen LogP contribution in [0.15, 0.2) is 101 Å². The minimum Gasteiger partial charge on any atom is -0.497 e. The predicted octanol–water partition coefficient (Wildman–Crippen LogP) is 3.71. The van der Waals surface area contributed by atoms with E-state index < -0.39 is 35.3 Å². The largest absolute Gasteiger partial charge is 0.497 e. The maximum Gasteiger partial charge on any atom is 0.330 e. The summed E-state index contributed by atoms with van der Waals surface area (Å²) in [7, 11) is 1.64. The van der Waals surface area contributed by atoms with Crippen molar-refractivity contribution in [1.29, 1.82) is 0 Å². The standard InChI is InChI=1S/C31H32N2O6/c1-21-19-33(30(36)32-29(21)35)28-17-26(34)27(39-28)20-38-31(23-9-5-3-6-10-23,24-11-7-4-8-12-24)18-22-13-15-25(37-2)16-14-22/h3-16,19,26-28,34H,17-18,20H2,1-2H3,(H,32,35,36)/t26-,27+,28+/m0/s1. The molecule has 8 nitrogen and oxygen atoms in total. The smallest absolute Gasteiger partial charge is 0.330 e. The van der Waals surface area contributed by atoms with E-state index in [1.165, 1.54) is 10.8 Å². The van der Waals surface area contributed by atoms with Gasteiger partial charge in [-0.25, -0.2) is 4.79 Å². The molecule has 0 amide bonds. The molecule has 0 saturated carbocycles. The van der Waals surface area contributed by atoms with Gasteiger partial charge in [-0.05, 0) is 35.7 Å². The van der Waals surface area contributed by atoms with Gasteiger partial charge in [-0.15, -0.1) is 0 Å². The monoisotopic (exact) mass is 528 g/mol. The molecular weight excluding hydrogens is 496 g/mol. The molecule has 8 heteroatoms. The third kappa shape index (κ3) is 5.59. The molecule has 2 heterocycles. The maximum absolute atomic E-state index is 12.4. The molecule has 3 atom stereocenters. The summed E-state index contributed by atoms with van der Waals surface area (Å²) in [6.07, 6.45) is -0.0848. The summed E-state index contributed by atoms with van der Waals surface area (Å²) < 4.78 is 19.6. The Hall–Kier alpha value is -3.98. The van der Waals surface area contributed by atoms with Crippen LogP contribution in [0, 0.1) is 6.92 Å². The van der Waals surface area contributed by atoms with Crippen molar-refractivity contribution < 1.29 is 19.3 Å². The van der Waals surface area contributed by atoms with Gasteiger partial charge in [-0.1, -0.05) is 72.8 Å². The van der Waals surface area contributed by atoms with Gasteiger partial charge in [0.25, 0.3) is 5.56 Å². The van der Waals surface area contributed by atoms with Crippen LogP contribution in [0.2, 0.25) is 0 Å². The number of aromatic amines is 1. The highest BCUT2D eigenvalue weighted by molar-refractivity contribution is 5.40. The van der Waals surface area contributed by atoms with Gasteiger partial charge in [-0.2, -0.15) is 0 Å². The Morgan fingerprint density at radius 1 is 0.974 bits per heavy atom. The fourth-order valence-electron chi connectivity index (χ4n) is 5.09. The molecule has 0 radical (unpaired) electrons. The van der Waals surface area contributed by atoms with E-state index in [1.807, 2.05) is 84.9 Å². The molecule has 0 bridgehead atoms. The highest BCUT2D eigenvalue weighted by atomic mass is 16.6. The van der Waals surface area contributed by atoms with Crippen LogP contribution in [-0.4, -0.2) is 40.6 Å². The van der Waals surface area contributed by atoms with Crippen molar-refractivity contribution in [2.45, 2.75) is 43.8 Å². The van der Waals surface area contributed by atoms with Gasteiger partial charge in [0.1, 0.15) is 23.7 Å². The Balaban J connectivity index is 1.48. The van der Waals surface area contributed by atoms with Crippen molar-refractivity contribution >= 4 is 0 Å². The summed E-state index contributed by atoms with van der Waals surface area (Å²) in [4.78, 5) is 26.6. The summed E-state index contributed by atoms with van der Waals surface area (Å²) in [5.74, 6) is 0.769. The van der Waals surface area contributed by atoms with Gasteiger partial charge in [0.15, 0.2) is 0 Å². The summed E-state index contributed by atoms with van der Waals surface area (Å²) in [6.45, 7) is 1.70. The van der Waals surface area contributed by atoms with Crippen molar-refractivity contribution in [1.82, 2.24) is 9.55 Å². The Morgan fingerprint density at radius 3 is 2.18 bits per heavy atom. The lowest BCUT2D eigenvalue weighted by atomic mass is 9.81. The third-order valence-corrected chi connectivity index (χ3v) is 7.25. The fraction of sp³-hybridized carbons (Fsp3) is 0.290. The van der Waals surface area contributed by atoms with E-state index in [-0.39, 0.29) is 13.0 Å². The molecule has 1 fully saturated rings. The molecule has 0 spiro atoms. The second kappa shape index (κ2) is 11.4. The molecule has 0 aliphatic carbocycles. The lowest BCUT2D eigenvalue weighted by Crippen LogP contribution is -2.39. The Kier molecular flexibility index (Phi) is 7.79. The van der Waals surface area contributed by atoms with Crippen molar-refractivity contribution in [3.05, 3.63) is 134 Å². The molecule has 5 rings (SSSR count). The minimum absolute atomic E-state index is 0.0781. The lowest BCUT2D eigenvalue weighted by molar-refractivity contribution is -0.106. The number of hydrogen-bond donors (Lipinski definition) is 2. The number of nitrogens with one attached hydrogen (secondary N) is 1. The molecule has 1 aliphatic heterocycles. The second-order valence-electron chi connectivity index (χ2n) is 9.81. The number of aryl methyl sites for hydroxylation is 1. The zero-order valence-electron chi connectivity index (χ0n) is 21.9. The van der Waals surface area contributed by atoms with E-state index in [2.05, 4.69) is 4.98 Å². The number of ether oxygens (including phenoxy) is 3. The number of hydrogen-bond acceptors (Lipinski definition) is 6. The number of methoxy groups -OCH3 is 1. The number of aliphatic hydroxyl groups is 1. The molecule has 1 aromatic heterocycles. The highest BCUT2D eigenvalue weighted by Crippen LogP contribution is 2.39. The normalized spacial score (nSPS) is 19.2. The van der Waals surface area contributed by atoms with E-state index in [0.29, 0.717) is 12.0 Å². The van der Waals surface area contributed by atoms with Crippen LogP contribution in [0.3, 0.4) is 0 Å². The first-order valence-corrected chi connectivity index (χ1v) is 12.9. The topological polar surface area (TPSA) is 103 Å². The van der Waals surface area contributed by atoms with Crippen molar-refractivity contribution in [2.75, 3.05) is 13.7 Å². The van der Waals surface area contributed by atoms with Crippen LogP contribution in [0.5, 0.6) is 5.75 Å². The van der Waals surface area contributed by atoms with E-state index in [4.69, 9.17) is 14.2 Å². The number of nitrogens with zero attached hydrogens (tertiary/aromatic N) is 1. The molecule has 39 heavy (non-hydrogen) atoms. The van der Waals surface area contributed by atoms with Crippen LogP contribution in [-0.2, 0) is 21.5 Å². The molecule has 1 saturated heterocycles. The average Bonchev–Trinajstić information content (AvgIpc) is 3.34. The van der Waals surface area contributed by atoms with Gasteiger partial charge in [0, 0.05) is 24.6 Å². The Morgan fingerprint density at radius 2 is 1.59 bits per heavy atom. The van der Waals surface area contributed by atoms with E-state index in [0.717, 1.165) is 22.4 Å². The number of aromatic nitrogens is 2. The molecule has 4 aromatic rings. The number of H-pyrrole nitrogens is 1. The van der Waals surface area contributed by atoms with Crippen LogP contribution in [0.25, 0.3) is 0 Å². The van der Waals surface area contributed by atoms with Gasteiger partial charge in [0.2, 0.25) is 0 Å². The highest BCUT2D eigenvalue weighted by Gasteiger charge is 2.41. The quantitative estimate of drug-likeness (QED) is 0.344. The molecule has 3 aromatic carbocycles. The number of benzene rings is 3. The van der Waals surface area contributed by atoms with E-state index >= 15 is 0 Å². The number of aliphatic hydroxyl groups excluding tert-OH is 1. The summed E-state index contributed by atoms with van der Waals surface area (Å²) in [5.41, 5.74) is 1.45. The first-order chi connectivity index (χ1) is 18.9. The molecular formula is C31H32N2O6. The Labute approximate surface area is 226 Å². The van der Waals surface area contributed by atoms with Crippen molar-refractivity contribution in [3.8, 4) is 5.75 Å². The lowest BCUT2D eigenvalue weighted by Gasteiger charge is -2.36. The van der Waals surface area contributed by atoms with Crippen LogP contribution < -0.4 is 16.0 Å². The molecule has 2 N–H and O–H groups in total. The Bertz CT molecular complexity index is 1460. The number of rotatable bonds is 9. The minimum atomic E-state index is -0.885. The van der Waals surface area contributed by atoms with Gasteiger partial charge in [0.05, 0.1) is 19.8 Å². The zero-order chi connectivity index (χ0) is 27.4. The van der Waals surface area contributed by atoms with Gasteiger partial charge in [-0.3, -0.25) is 14.3 Å². The van der Waals surface area contributed by atoms with Crippen molar-refractivity contribution in [2.24, 2.45) is 0 Å². The van der Waals surface area contributed by atoms with Crippen LogP contribution in [0.1, 0.15) is 34.9 Å². The van der Waals surface area contributed by atoms with Crippen LogP contribution in [0.4, 0.5) is 0 Å². The first-order valence-electron chi connectivity index (χ1n) is 12.9. The second-order valence-corrected chi connectivity index (χ2v) is 9.81. The third-order valence-electron chi connectivity index (χ3n) is 7.25. The summed E-state index contributed by atoms with van der Waals surface area (Å²) >= 11 is 0. The fourth-order valence-corrected chi connectivity index (χ4v) is 5.09. The molecule has 1 aliphatic rings. The molecule has 0 unspecified atom stereocenters. The van der Waals surface area contributed by atoms with Crippen LogP contribution >= 0.6 is 0 Å². The van der Waals surface area contributed by atoms with Gasteiger partial charge < -0.3 is 19.3 Å². The SMILES string of the molecule is COc1ccc(CC(OC[C@H]2O[C@@H](n3cc(C)c(=O)[nH]c3=O)C[C@@H]2O)(c2ccccc2)c2ccccc2)cc1. The zero-order valence-corrected chi connectivity index (χ0v) is 21.9. The summed E-state index contributed by atoms with van der Waals surface area (Å²) in [6, 6.07) is 27.9. The summed E-state index contributed by atoms with van der Waals surface area (Å²) in [5, 5.41) is 10.9. The van der Waals surface area contributed by atoms with Crippen molar-refractivity contribution in [3.63, 3.8) is 0 Å². The first kappa shape index (κ1) is 26.6.